The predicted octanol–water partition coefficient (Wildman–Crippen LogP) is 1.19. The minimum atomic E-state index is -3.27. The summed E-state index contributed by atoms with van der Waals surface area (Å²) in [4.78, 5) is 11.7. The molecule has 7 heteroatoms. The second-order valence-corrected chi connectivity index (χ2v) is 5.82. The number of nitrogens with two attached hydrogens (primary N) is 1. The Bertz CT molecular complexity index is 517. The first-order valence-electron chi connectivity index (χ1n) is 5.21. The lowest BCUT2D eigenvalue weighted by atomic mass is 10.2. The van der Waals surface area contributed by atoms with Crippen molar-refractivity contribution in [3.63, 3.8) is 0 Å². The topological polar surface area (TPSA) is 89.3 Å². The molecule has 0 saturated carbocycles. The maximum atomic E-state index is 11.5. The van der Waals surface area contributed by atoms with Crippen molar-refractivity contribution in [2.75, 3.05) is 11.6 Å². The van der Waals surface area contributed by atoms with E-state index in [1.54, 1.807) is 19.1 Å². The van der Waals surface area contributed by atoms with Gasteiger partial charge >= 0.3 is 0 Å². The number of rotatable bonds is 4. The number of amides is 1. The lowest BCUT2D eigenvalue weighted by Crippen LogP contribution is -2.34. The number of carbonyl (C=O) groups is 1. The Kier molecular flexibility index (Phi) is 6.31. The van der Waals surface area contributed by atoms with Gasteiger partial charge < -0.3 is 11.1 Å². The average Bonchev–Trinajstić information content (AvgIpc) is 2.27. The van der Waals surface area contributed by atoms with Gasteiger partial charge in [-0.15, -0.1) is 12.4 Å². The molecule has 0 aliphatic carbocycles. The molecule has 0 bridgehead atoms. The van der Waals surface area contributed by atoms with E-state index in [0.717, 1.165) is 6.26 Å². The molecule has 3 N–H and O–H groups in total. The molecule has 5 nitrogen and oxygen atoms in total. The van der Waals surface area contributed by atoms with E-state index in [9.17, 15) is 13.2 Å². The molecule has 0 radical (unpaired) electrons. The van der Waals surface area contributed by atoms with Crippen molar-refractivity contribution in [3.8, 4) is 0 Å². The van der Waals surface area contributed by atoms with Gasteiger partial charge in [0.15, 0.2) is 9.84 Å². The van der Waals surface area contributed by atoms with Gasteiger partial charge in [-0.05, 0) is 24.6 Å². The zero-order chi connectivity index (χ0) is 13.1. The minimum Gasteiger partial charge on any atom is -0.325 e. The van der Waals surface area contributed by atoms with Crippen LogP contribution in [0.15, 0.2) is 29.2 Å². The maximum Gasteiger partial charge on any atom is 0.241 e. The molecule has 18 heavy (non-hydrogen) atoms. The molecule has 1 atom stereocenters. The molecular formula is C11H17ClN2O3S. The normalized spacial score (nSPS) is 12.4. The van der Waals surface area contributed by atoms with Crippen LogP contribution in [0.5, 0.6) is 0 Å². The van der Waals surface area contributed by atoms with Gasteiger partial charge in [-0.3, -0.25) is 4.79 Å². The molecule has 0 saturated heterocycles. The Labute approximate surface area is 113 Å². The van der Waals surface area contributed by atoms with Crippen molar-refractivity contribution < 1.29 is 13.2 Å². The standard InChI is InChI=1S/C11H16N2O3S.ClH/c1-3-10(12)11(14)13-8-5-4-6-9(7-8)17(2,15)16;/h4-7,10H,3,12H2,1-2H3,(H,13,14);1H/t10-;/m0./s1. The van der Waals surface area contributed by atoms with Crippen molar-refractivity contribution in [1.29, 1.82) is 0 Å². The molecular weight excluding hydrogens is 276 g/mol. The highest BCUT2D eigenvalue weighted by atomic mass is 35.5. The van der Waals surface area contributed by atoms with Crippen LogP contribution in [-0.4, -0.2) is 26.6 Å². The SMILES string of the molecule is CC[C@H](N)C(=O)Nc1cccc(S(C)(=O)=O)c1.Cl. The second kappa shape index (κ2) is 6.72. The number of nitrogens with one attached hydrogen (secondary N) is 1. The third-order valence-electron chi connectivity index (χ3n) is 2.31. The van der Waals surface area contributed by atoms with Crippen LogP contribution >= 0.6 is 12.4 Å². The molecule has 102 valence electrons. The third-order valence-corrected chi connectivity index (χ3v) is 3.42. The molecule has 0 unspecified atom stereocenters. The van der Waals surface area contributed by atoms with Gasteiger partial charge in [-0.1, -0.05) is 13.0 Å². The monoisotopic (exact) mass is 292 g/mol. The molecule has 1 aromatic rings. The highest BCUT2D eigenvalue weighted by Gasteiger charge is 2.12. The van der Waals surface area contributed by atoms with Crippen LogP contribution in [0.2, 0.25) is 0 Å². The lowest BCUT2D eigenvalue weighted by molar-refractivity contribution is -0.117. The fraction of sp³-hybridized carbons (Fsp3) is 0.364. The maximum absolute atomic E-state index is 11.5. The van der Waals surface area contributed by atoms with Crippen molar-refractivity contribution in [2.45, 2.75) is 24.3 Å². The number of halogens is 1. The fourth-order valence-electron chi connectivity index (χ4n) is 1.22. The first kappa shape index (κ1) is 16.9. The molecule has 1 amide bonds. The van der Waals surface area contributed by atoms with E-state index in [1.165, 1.54) is 12.1 Å². The number of benzene rings is 1. The van der Waals surface area contributed by atoms with Gasteiger partial charge in [0.1, 0.15) is 0 Å². The van der Waals surface area contributed by atoms with E-state index >= 15 is 0 Å². The molecule has 0 heterocycles. The summed E-state index contributed by atoms with van der Waals surface area (Å²) in [6.45, 7) is 1.80. The Morgan fingerprint density at radius 3 is 2.56 bits per heavy atom. The van der Waals surface area contributed by atoms with Crippen LogP contribution in [0.25, 0.3) is 0 Å². The Morgan fingerprint density at radius 2 is 2.06 bits per heavy atom. The summed E-state index contributed by atoms with van der Waals surface area (Å²) in [5.74, 6) is -0.321. The largest absolute Gasteiger partial charge is 0.325 e. The van der Waals surface area contributed by atoms with E-state index in [0.29, 0.717) is 12.1 Å². The molecule has 0 fully saturated rings. The number of anilines is 1. The minimum absolute atomic E-state index is 0. The van der Waals surface area contributed by atoms with Gasteiger partial charge in [0.2, 0.25) is 5.91 Å². The number of carbonyl (C=O) groups excluding carboxylic acids is 1. The van der Waals surface area contributed by atoms with Gasteiger partial charge in [-0.2, -0.15) is 0 Å². The quantitative estimate of drug-likeness (QED) is 0.872. The van der Waals surface area contributed by atoms with E-state index in [4.69, 9.17) is 5.73 Å². The van der Waals surface area contributed by atoms with Crippen molar-refractivity contribution >= 4 is 33.8 Å². The average molecular weight is 293 g/mol. The van der Waals surface area contributed by atoms with E-state index in [2.05, 4.69) is 5.32 Å². The molecule has 1 aromatic carbocycles. The number of hydrogen-bond acceptors (Lipinski definition) is 4. The molecule has 0 aromatic heterocycles. The van der Waals surface area contributed by atoms with E-state index in [-0.39, 0.29) is 23.2 Å². The third kappa shape index (κ3) is 4.64. The van der Waals surface area contributed by atoms with Crippen molar-refractivity contribution in [3.05, 3.63) is 24.3 Å². The first-order valence-corrected chi connectivity index (χ1v) is 7.10. The summed E-state index contributed by atoms with van der Waals surface area (Å²) in [5.41, 5.74) is 5.99. The zero-order valence-electron chi connectivity index (χ0n) is 10.2. The fourth-order valence-corrected chi connectivity index (χ4v) is 1.89. The summed E-state index contributed by atoms with van der Waals surface area (Å²) >= 11 is 0. The van der Waals surface area contributed by atoms with Crippen LogP contribution in [0, 0.1) is 0 Å². The van der Waals surface area contributed by atoms with Crippen LogP contribution in [0.3, 0.4) is 0 Å². The lowest BCUT2D eigenvalue weighted by Gasteiger charge is -2.10. The molecule has 0 spiro atoms. The van der Waals surface area contributed by atoms with Gasteiger partial charge in [-0.25, -0.2) is 8.42 Å². The van der Waals surface area contributed by atoms with E-state index < -0.39 is 15.9 Å². The highest BCUT2D eigenvalue weighted by molar-refractivity contribution is 7.90. The van der Waals surface area contributed by atoms with Crippen LogP contribution < -0.4 is 11.1 Å². The molecule has 1 rings (SSSR count). The summed E-state index contributed by atoms with van der Waals surface area (Å²) in [7, 11) is -3.27. The predicted molar refractivity (Wildman–Crippen MR) is 73.7 cm³/mol. The van der Waals surface area contributed by atoms with Gasteiger partial charge in [0.25, 0.3) is 0 Å². The summed E-state index contributed by atoms with van der Waals surface area (Å²) < 4.78 is 22.6. The first-order chi connectivity index (χ1) is 7.84. The van der Waals surface area contributed by atoms with E-state index in [1.807, 2.05) is 0 Å². The van der Waals surface area contributed by atoms with Crippen molar-refractivity contribution in [2.24, 2.45) is 5.73 Å². The molecule has 0 aliphatic rings. The highest BCUT2D eigenvalue weighted by Crippen LogP contribution is 2.15. The Balaban J connectivity index is 0.00000289. The smallest absolute Gasteiger partial charge is 0.241 e. The number of sulfone groups is 1. The van der Waals surface area contributed by atoms with Gasteiger partial charge in [0.05, 0.1) is 10.9 Å². The zero-order valence-corrected chi connectivity index (χ0v) is 11.8. The molecule has 0 aliphatic heterocycles. The second-order valence-electron chi connectivity index (χ2n) is 3.80. The van der Waals surface area contributed by atoms with Crippen LogP contribution in [-0.2, 0) is 14.6 Å². The summed E-state index contributed by atoms with van der Waals surface area (Å²) in [5, 5.41) is 2.58. The summed E-state index contributed by atoms with van der Waals surface area (Å²) in [6, 6.07) is 5.50. The Morgan fingerprint density at radius 1 is 1.44 bits per heavy atom. The number of hydrogen-bond donors (Lipinski definition) is 2. The van der Waals surface area contributed by atoms with Gasteiger partial charge in [0, 0.05) is 11.9 Å². The van der Waals surface area contributed by atoms with Crippen LogP contribution in [0.4, 0.5) is 5.69 Å². The summed E-state index contributed by atoms with van der Waals surface area (Å²) in [6.07, 6.45) is 1.64. The van der Waals surface area contributed by atoms with Crippen LogP contribution in [0.1, 0.15) is 13.3 Å². The Hall–Kier alpha value is -1.11. The van der Waals surface area contributed by atoms with Crippen molar-refractivity contribution in [1.82, 2.24) is 0 Å².